The Morgan fingerprint density at radius 3 is 2.76 bits per heavy atom. The number of nitrogens with zero attached hydrogens (tertiary/aromatic N) is 1. The maximum Gasteiger partial charge on any atom is 0.404 e. The van der Waals surface area contributed by atoms with Crippen LogP contribution in [0.3, 0.4) is 0 Å². The Kier molecular flexibility index (Phi) is 5.03. The lowest BCUT2D eigenvalue weighted by atomic mass is 10.1. The van der Waals surface area contributed by atoms with Crippen molar-refractivity contribution >= 4 is 33.6 Å². The number of hydrogen-bond donors (Lipinski definition) is 2. The number of aromatic nitrogens is 1. The van der Waals surface area contributed by atoms with E-state index in [1.165, 1.54) is 10.6 Å². The number of hydrogen-bond acceptors (Lipinski definition) is 2. The van der Waals surface area contributed by atoms with Crippen molar-refractivity contribution in [2.75, 3.05) is 6.54 Å². The van der Waals surface area contributed by atoms with Gasteiger partial charge in [-0.1, -0.05) is 39.7 Å². The molecule has 2 rings (SSSR count). The normalized spacial score (nSPS) is 11.9. The zero-order chi connectivity index (χ0) is 15.4. The molecule has 0 fully saturated rings. The van der Waals surface area contributed by atoms with Gasteiger partial charge in [0.2, 0.25) is 0 Å². The molecule has 0 radical (unpaired) electrons. The first-order chi connectivity index (χ1) is 9.97. The molecule has 5 nitrogen and oxygen atoms in total. The van der Waals surface area contributed by atoms with E-state index < -0.39 is 12.1 Å². The van der Waals surface area contributed by atoms with Crippen LogP contribution >= 0.6 is 27.5 Å². The minimum Gasteiger partial charge on any atom is -0.465 e. The highest BCUT2D eigenvalue weighted by Crippen LogP contribution is 2.20. The monoisotopic (exact) mass is 370 g/mol. The number of pyridine rings is 1. The molecule has 0 aliphatic carbocycles. The molecule has 21 heavy (non-hydrogen) atoms. The summed E-state index contributed by atoms with van der Waals surface area (Å²) in [6, 6.07) is 9.67. The second kappa shape index (κ2) is 6.78. The molecule has 1 unspecified atom stereocenters. The fraction of sp³-hybridized carbons (Fsp3) is 0.143. The molecule has 1 heterocycles. The van der Waals surface area contributed by atoms with Crippen LogP contribution in [0.5, 0.6) is 0 Å². The Balaban J connectivity index is 2.45. The average Bonchev–Trinajstić information content (AvgIpc) is 2.41. The summed E-state index contributed by atoms with van der Waals surface area (Å²) in [6.45, 7) is 0.0667. The number of rotatable bonds is 4. The molecule has 1 amide bonds. The van der Waals surface area contributed by atoms with E-state index in [1.54, 1.807) is 36.5 Å². The molecule has 2 N–H and O–H groups in total. The van der Waals surface area contributed by atoms with Crippen molar-refractivity contribution in [3.8, 4) is 0 Å². The summed E-state index contributed by atoms with van der Waals surface area (Å²) in [6.07, 6.45) is 0.466. The van der Waals surface area contributed by atoms with Crippen LogP contribution in [0.1, 0.15) is 11.6 Å². The van der Waals surface area contributed by atoms with E-state index in [1.807, 2.05) is 0 Å². The number of carbonyl (C=O) groups is 1. The van der Waals surface area contributed by atoms with Crippen LogP contribution in [0.4, 0.5) is 4.79 Å². The van der Waals surface area contributed by atoms with Gasteiger partial charge < -0.3 is 15.0 Å². The molecule has 0 aliphatic heterocycles. The largest absolute Gasteiger partial charge is 0.465 e. The van der Waals surface area contributed by atoms with Crippen LogP contribution in [-0.2, 0) is 0 Å². The third-order valence-corrected chi connectivity index (χ3v) is 3.65. The fourth-order valence-corrected chi connectivity index (χ4v) is 2.51. The van der Waals surface area contributed by atoms with Crippen LogP contribution in [0.2, 0.25) is 5.02 Å². The van der Waals surface area contributed by atoms with E-state index in [2.05, 4.69) is 21.2 Å². The van der Waals surface area contributed by atoms with Crippen LogP contribution in [0, 0.1) is 0 Å². The van der Waals surface area contributed by atoms with Gasteiger partial charge in [0.1, 0.15) is 0 Å². The summed E-state index contributed by atoms with van der Waals surface area (Å²) in [5.41, 5.74) is 0.516. The lowest BCUT2D eigenvalue weighted by molar-refractivity contribution is 0.193. The molecule has 1 atom stereocenters. The average molecular weight is 372 g/mol. The van der Waals surface area contributed by atoms with Crippen molar-refractivity contribution in [3.05, 3.63) is 68.0 Å². The zero-order valence-corrected chi connectivity index (χ0v) is 13.1. The predicted octanol–water partition coefficient (Wildman–Crippen LogP) is 3.12. The van der Waals surface area contributed by atoms with Crippen molar-refractivity contribution in [2.24, 2.45) is 0 Å². The summed E-state index contributed by atoms with van der Waals surface area (Å²) >= 11 is 9.20. The van der Waals surface area contributed by atoms with E-state index in [4.69, 9.17) is 16.7 Å². The predicted molar refractivity (Wildman–Crippen MR) is 84.0 cm³/mol. The molecule has 1 aromatic heterocycles. The van der Waals surface area contributed by atoms with Gasteiger partial charge in [0, 0.05) is 28.3 Å². The van der Waals surface area contributed by atoms with Crippen molar-refractivity contribution in [1.29, 1.82) is 0 Å². The molecule has 0 saturated carbocycles. The lowest BCUT2D eigenvalue weighted by Crippen LogP contribution is -2.34. The van der Waals surface area contributed by atoms with Gasteiger partial charge in [0.15, 0.2) is 0 Å². The Bertz CT molecular complexity index is 717. The molecule has 2 aromatic rings. The van der Waals surface area contributed by atoms with Crippen molar-refractivity contribution in [3.63, 3.8) is 0 Å². The fourth-order valence-electron chi connectivity index (χ4n) is 2.00. The van der Waals surface area contributed by atoms with Gasteiger partial charge >= 0.3 is 6.09 Å². The molecule has 0 spiro atoms. The van der Waals surface area contributed by atoms with Crippen molar-refractivity contribution in [2.45, 2.75) is 6.04 Å². The number of nitrogens with one attached hydrogen (secondary N) is 1. The molecule has 0 aliphatic rings. The summed E-state index contributed by atoms with van der Waals surface area (Å²) in [5, 5.41) is 11.6. The molecular formula is C14H12BrClN2O3. The van der Waals surface area contributed by atoms with E-state index in [-0.39, 0.29) is 12.1 Å². The van der Waals surface area contributed by atoms with Gasteiger partial charge in [-0.05, 0) is 23.8 Å². The molecule has 1 aromatic carbocycles. The maximum atomic E-state index is 12.1. The first kappa shape index (κ1) is 15.6. The minimum atomic E-state index is -1.15. The Hall–Kier alpha value is -1.79. The molecule has 0 saturated heterocycles. The Morgan fingerprint density at radius 2 is 2.14 bits per heavy atom. The van der Waals surface area contributed by atoms with Gasteiger partial charge in [0.05, 0.1) is 6.04 Å². The zero-order valence-electron chi connectivity index (χ0n) is 10.8. The van der Waals surface area contributed by atoms with Crippen LogP contribution in [-0.4, -0.2) is 22.3 Å². The highest BCUT2D eigenvalue weighted by atomic mass is 79.9. The SMILES string of the molecule is O=C(O)NCC(c1cccc(Cl)c1)n1ccc(Br)cc1=O. The van der Waals surface area contributed by atoms with Gasteiger partial charge in [-0.3, -0.25) is 4.79 Å². The summed E-state index contributed by atoms with van der Waals surface area (Å²) in [5.74, 6) is 0. The maximum absolute atomic E-state index is 12.1. The van der Waals surface area contributed by atoms with Crippen LogP contribution < -0.4 is 10.9 Å². The Morgan fingerprint density at radius 1 is 1.38 bits per heavy atom. The third kappa shape index (κ3) is 4.09. The standard InChI is InChI=1S/C14H12BrClN2O3/c15-10-4-5-18(13(19)7-10)12(8-17-14(20)21)9-2-1-3-11(16)6-9/h1-7,12,17H,8H2,(H,20,21). The van der Waals surface area contributed by atoms with Crippen LogP contribution in [0.25, 0.3) is 0 Å². The lowest BCUT2D eigenvalue weighted by Gasteiger charge is -2.20. The quantitative estimate of drug-likeness (QED) is 0.867. The summed E-state index contributed by atoms with van der Waals surface area (Å²) < 4.78 is 2.13. The number of amides is 1. The summed E-state index contributed by atoms with van der Waals surface area (Å²) in [4.78, 5) is 22.8. The van der Waals surface area contributed by atoms with E-state index in [0.29, 0.717) is 9.50 Å². The van der Waals surface area contributed by atoms with Gasteiger partial charge in [-0.15, -0.1) is 0 Å². The van der Waals surface area contributed by atoms with Crippen molar-refractivity contribution < 1.29 is 9.90 Å². The van der Waals surface area contributed by atoms with Crippen molar-refractivity contribution in [1.82, 2.24) is 9.88 Å². The van der Waals surface area contributed by atoms with E-state index in [0.717, 1.165) is 5.56 Å². The van der Waals surface area contributed by atoms with Gasteiger partial charge in [-0.25, -0.2) is 4.79 Å². The summed E-state index contributed by atoms with van der Waals surface area (Å²) in [7, 11) is 0. The van der Waals surface area contributed by atoms with E-state index >= 15 is 0 Å². The van der Waals surface area contributed by atoms with E-state index in [9.17, 15) is 9.59 Å². The topological polar surface area (TPSA) is 71.3 Å². The van der Waals surface area contributed by atoms with Gasteiger partial charge in [-0.2, -0.15) is 0 Å². The molecular weight excluding hydrogens is 360 g/mol. The highest BCUT2D eigenvalue weighted by Gasteiger charge is 2.16. The molecule has 110 valence electrons. The minimum absolute atomic E-state index is 0.0667. The third-order valence-electron chi connectivity index (χ3n) is 2.93. The number of carboxylic acid groups (broad SMARTS) is 1. The second-order valence-electron chi connectivity index (χ2n) is 4.35. The molecule has 7 heteroatoms. The highest BCUT2D eigenvalue weighted by molar-refractivity contribution is 9.10. The second-order valence-corrected chi connectivity index (χ2v) is 5.70. The smallest absolute Gasteiger partial charge is 0.404 e. The molecule has 0 bridgehead atoms. The van der Waals surface area contributed by atoms with Crippen LogP contribution in [0.15, 0.2) is 51.9 Å². The first-order valence-corrected chi connectivity index (χ1v) is 7.24. The Labute approximate surface area is 134 Å². The number of benzene rings is 1. The van der Waals surface area contributed by atoms with Gasteiger partial charge in [0.25, 0.3) is 5.56 Å². The first-order valence-electron chi connectivity index (χ1n) is 6.07. The number of halogens is 2.